The van der Waals surface area contributed by atoms with Crippen LogP contribution in [-0.2, 0) is 11.3 Å². The van der Waals surface area contributed by atoms with Crippen LogP contribution in [0.5, 0.6) is 0 Å². The van der Waals surface area contributed by atoms with Crippen molar-refractivity contribution in [3.8, 4) is 11.5 Å². The van der Waals surface area contributed by atoms with E-state index < -0.39 is 0 Å². The summed E-state index contributed by atoms with van der Waals surface area (Å²) in [6.07, 6.45) is 0.865. The lowest BCUT2D eigenvalue weighted by Crippen LogP contribution is -2.45. The standard InChI is InChI=1S/C15H17FN4O2/c1-11-2-3-13(16)12(8-11)15-17-14(18-22-15)9-19-4-6-20(10-21)7-5-19/h2-3,8,10H,4-7,9H2,1H3. The van der Waals surface area contributed by atoms with Crippen LogP contribution in [0.3, 0.4) is 0 Å². The van der Waals surface area contributed by atoms with E-state index in [4.69, 9.17) is 4.52 Å². The lowest BCUT2D eigenvalue weighted by Gasteiger charge is -2.31. The van der Waals surface area contributed by atoms with Crippen molar-refractivity contribution in [2.24, 2.45) is 0 Å². The molecule has 0 aliphatic carbocycles. The number of rotatable bonds is 4. The third-order valence-electron chi connectivity index (χ3n) is 3.74. The molecule has 0 atom stereocenters. The molecule has 22 heavy (non-hydrogen) atoms. The number of carbonyl (C=O) groups excluding carboxylic acids is 1. The number of piperazine rings is 1. The second kappa shape index (κ2) is 6.23. The Morgan fingerprint density at radius 1 is 1.32 bits per heavy atom. The lowest BCUT2D eigenvalue weighted by atomic mass is 10.1. The second-order valence-electron chi connectivity index (χ2n) is 5.42. The SMILES string of the molecule is Cc1ccc(F)c(-c2nc(CN3CCN(C=O)CC3)no2)c1. The van der Waals surface area contributed by atoms with Crippen molar-refractivity contribution in [3.63, 3.8) is 0 Å². The third-order valence-corrected chi connectivity index (χ3v) is 3.74. The summed E-state index contributed by atoms with van der Waals surface area (Å²) < 4.78 is 19.0. The fourth-order valence-corrected chi connectivity index (χ4v) is 2.46. The van der Waals surface area contributed by atoms with Gasteiger partial charge in [-0.25, -0.2) is 4.39 Å². The minimum Gasteiger partial charge on any atom is -0.343 e. The molecule has 116 valence electrons. The molecule has 2 heterocycles. The van der Waals surface area contributed by atoms with E-state index in [1.807, 2.05) is 6.92 Å². The van der Waals surface area contributed by atoms with Gasteiger partial charge in [-0.05, 0) is 19.1 Å². The lowest BCUT2D eigenvalue weighted by molar-refractivity contribution is -0.119. The zero-order chi connectivity index (χ0) is 15.5. The fourth-order valence-electron chi connectivity index (χ4n) is 2.46. The van der Waals surface area contributed by atoms with Crippen LogP contribution in [0.1, 0.15) is 11.4 Å². The van der Waals surface area contributed by atoms with Gasteiger partial charge in [0.15, 0.2) is 5.82 Å². The molecule has 1 fully saturated rings. The molecule has 1 aromatic heterocycles. The number of aryl methyl sites for hydroxylation is 1. The van der Waals surface area contributed by atoms with Gasteiger partial charge in [0, 0.05) is 26.2 Å². The Morgan fingerprint density at radius 2 is 2.09 bits per heavy atom. The summed E-state index contributed by atoms with van der Waals surface area (Å²) >= 11 is 0. The summed E-state index contributed by atoms with van der Waals surface area (Å²) in [6.45, 7) is 5.33. The van der Waals surface area contributed by atoms with Crippen LogP contribution < -0.4 is 0 Å². The highest BCUT2D eigenvalue weighted by Crippen LogP contribution is 2.22. The summed E-state index contributed by atoms with van der Waals surface area (Å²) in [4.78, 5) is 18.8. The third kappa shape index (κ3) is 3.14. The van der Waals surface area contributed by atoms with Crippen molar-refractivity contribution in [2.75, 3.05) is 26.2 Å². The second-order valence-corrected chi connectivity index (χ2v) is 5.42. The van der Waals surface area contributed by atoms with Gasteiger partial charge in [0.2, 0.25) is 6.41 Å². The zero-order valence-electron chi connectivity index (χ0n) is 12.3. The Morgan fingerprint density at radius 3 is 2.82 bits per heavy atom. The average Bonchev–Trinajstić information content (AvgIpc) is 2.99. The maximum absolute atomic E-state index is 13.8. The van der Waals surface area contributed by atoms with Crippen molar-refractivity contribution in [1.29, 1.82) is 0 Å². The number of nitrogens with zero attached hydrogens (tertiary/aromatic N) is 4. The van der Waals surface area contributed by atoms with Crippen molar-refractivity contribution in [2.45, 2.75) is 13.5 Å². The van der Waals surface area contributed by atoms with Crippen LogP contribution in [-0.4, -0.2) is 52.5 Å². The first-order valence-electron chi connectivity index (χ1n) is 7.16. The number of amides is 1. The summed E-state index contributed by atoms with van der Waals surface area (Å²) in [5.74, 6) is 0.346. The van der Waals surface area contributed by atoms with Gasteiger partial charge in [0.25, 0.3) is 5.89 Å². The molecule has 0 spiro atoms. The number of aromatic nitrogens is 2. The van der Waals surface area contributed by atoms with Gasteiger partial charge >= 0.3 is 0 Å². The Bertz CT molecular complexity index is 665. The van der Waals surface area contributed by atoms with Crippen molar-refractivity contribution >= 4 is 6.41 Å². The highest BCUT2D eigenvalue weighted by molar-refractivity contribution is 5.55. The maximum atomic E-state index is 13.8. The molecule has 1 aliphatic rings. The topological polar surface area (TPSA) is 62.5 Å². The van der Waals surface area contributed by atoms with Gasteiger partial charge < -0.3 is 9.42 Å². The highest BCUT2D eigenvalue weighted by atomic mass is 19.1. The number of hydrogen-bond acceptors (Lipinski definition) is 5. The monoisotopic (exact) mass is 304 g/mol. The van der Waals surface area contributed by atoms with E-state index in [0.29, 0.717) is 31.0 Å². The molecule has 0 radical (unpaired) electrons. The van der Waals surface area contributed by atoms with Crippen molar-refractivity contribution < 1.29 is 13.7 Å². The smallest absolute Gasteiger partial charge is 0.260 e. The molecule has 0 bridgehead atoms. The first-order chi connectivity index (χ1) is 10.7. The van der Waals surface area contributed by atoms with Gasteiger partial charge in [-0.1, -0.05) is 16.8 Å². The molecule has 0 saturated carbocycles. The Kier molecular flexibility index (Phi) is 4.15. The van der Waals surface area contributed by atoms with Crippen molar-refractivity contribution in [3.05, 3.63) is 35.4 Å². The summed E-state index contributed by atoms with van der Waals surface area (Å²) in [5, 5.41) is 3.92. The Labute approximate surface area is 127 Å². The zero-order valence-corrected chi connectivity index (χ0v) is 12.3. The van der Waals surface area contributed by atoms with E-state index in [0.717, 1.165) is 25.1 Å². The molecular weight excluding hydrogens is 287 g/mol. The molecule has 0 N–H and O–H groups in total. The van der Waals surface area contributed by atoms with E-state index in [2.05, 4.69) is 15.0 Å². The number of hydrogen-bond donors (Lipinski definition) is 0. The highest BCUT2D eigenvalue weighted by Gasteiger charge is 2.19. The van der Waals surface area contributed by atoms with Crippen molar-refractivity contribution in [1.82, 2.24) is 19.9 Å². The first kappa shape index (κ1) is 14.6. The number of halogens is 1. The average molecular weight is 304 g/mol. The molecule has 1 saturated heterocycles. The molecular formula is C15H17FN4O2. The van der Waals surface area contributed by atoms with Gasteiger partial charge in [-0.3, -0.25) is 9.69 Å². The Hall–Kier alpha value is -2.28. The predicted octanol–water partition coefficient (Wildman–Crippen LogP) is 1.46. The summed E-state index contributed by atoms with van der Waals surface area (Å²) in [6, 6.07) is 4.78. The first-order valence-corrected chi connectivity index (χ1v) is 7.16. The predicted molar refractivity (Wildman–Crippen MR) is 77.3 cm³/mol. The van der Waals surface area contributed by atoms with Crippen LogP contribution in [0.2, 0.25) is 0 Å². The van der Waals surface area contributed by atoms with Gasteiger partial charge in [-0.15, -0.1) is 0 Å². The summed E-state index contributed by atoms with van der Waals surface area (Å²) in [7, 11) is 0. The molecule has 3 rings (SSSR count). The molecule has 1 aromatic carbocycles. The molecule has 7 heteroatoms. The quantitative estimate of drug-likeness (QED) is 0.800. The van der Waals surface area contributed by atoms with Crippen LogP contribution in [0.15, 0.2) is 22.7 Å². The Balaban J connectivity index is 1.69. The van der Waals surface area contributed by atoms with E-state index in [1.165, 1.54) is 6.07 Å². The molecule has 6 nitrogen and oxygen atoms in total. The van der Waals surface area contributed by atoms with Crippen LogP contribution in [0.4, 0.5) is 4.39 Å². The van der Waals surface area contributed by atoms with E-state index >= 15 is 0 Å². The van der Waals surface area contributed by atoms with Crippen LogP contribution in [0, 0.1) is 12.7 Å². The summed E-state index contributed by atoms with van der Waals surface area (Å²) in [5.41, 5.74) is 1.26. The largest absolute Gasteiger partial charge is 0.343 e. The fraction of sp³-hybridized carbons (Fsp3) is 0.400. The minimum atomic E-state index is -0.375. The molecule has 0 unspecified atom stereocenters. The normalized spacial score (nSPS) is 16.0. The van der Waals surface area contributed by atoms with E-state index in [1.54, 1.807) is 17.0 Å². The van der Waals surface area contributed by atoms with Crippen LogP contribution >= 0.6 is 0 Å². The van der Waals surface area contributed by atoms with E-state index in [9.17, 15) is 9.18 Å². The molecule has 1 aliphatic heterocycles. The number of benzene rings is 1. The van der Waals surface area contributed by atoms with E-state index in [-0.39, 0.29) is 11.7 Å². The maximum Gasteiger partial charge on any atom is 0.260 e. The van der Waals surface area contributed by atoms with Gasteiger partial charge in [0.05, 0.1) is 12.1 Å². The van der Waals surface area contributed by atoms with Gasteiger partial charge in [-0.2, -0.15) is 4.98 Å². The van der Waals surface area contributed by atoms with Gasteiger partial charge in [0.1, 0.15) is 5.82 Å². The van der Waals surface area contributed by atoms with Crippen LogP contribution in [0.25, 0.3) is 11.5 Å². The molecule has 1 amide bonds. The minimum absolute atomic E-state index is 0.197. The number of carbonyl (C=O) groups is 1. The molecule has 2 aromatic rings.